The van der Waals surface area contributed by atoms with Gasteiger partial charge >= 0.3 is 0 Å². The van der Waals surface area contributed by atoms with Crippen LogP contribution in [0, 0.1) is 11.8 Å². The van der Waals surface area contributed by atoms with Gasteiger partial charge in [0, 0.05) is 31.1 Å². The lowest BCUT2D eigenvalue weighted by molar-refractivity contribution is 0.0117. The molecule has 1 unspecified atom stereocenters. The predicted molar refractivity (Wildman–Crippen MR) is 78.7 cm³/mol. The van der Waals surface area contributed by atoms with Crippen LogP contribution in [0.1, 0.15) is 41.6 Å². The summed E-state index contributed by atoms with van der Waals surface area (Å²) >= 11 is 0. The molecule has 21 heavy (non-hydrogen) atoms. The van der Waals surface area contributed by atoms with Gasteiger partial charge in [-0.2, -0.15) is 0 Å². The molecule has 0 saturated carbocycles. The van der Waals surface area contributed by atoms with Crippen LogP contribution >= 0.6 is 0 Å². The highest BCUT2D eigenvalue weighted by molar-refractivity contribution is 5.94. The maximum atomic E-state index is 12.0. The molecule has 1 saturated heterocycles. The Labute approximate surface area is 124 Å². The van der Waals surface area contributed by atoms with Gasteiger partial charge in [-0.25, -0.2) is 0 Å². The van der Waals surface area contributed by atoms with Gasteiger partial charge in [-0.05, 0) is 31.7 Å². The van der Waals surface area contributed by atoms with E-state index in [0.29, 0.717) is 17.7 Å². The lowest BCUT2D eigenvalue weighted by atomic mass is 10.1. The summed E-state index contributed by atoms with van der Waals surface area (Å²) < 4.78 is 5.62. The number of aliphatic hydroxyl groups is 1. The third-order valence-corrected chi connectivity index (χ3v) is 3.34. The second-order valence-corrected chi connectivity index (χ2v) is 4.96. The summed E-state index contributed by atoms with van der Waals surface area (Å²) in [4.78, 5) is 16.0. The van der Waals surface area contributed by atoms with E-state index in [1.54, 1.807) is 12.3 Å². The largest absolute Gasteiger partial charge is 0.384 e. The SMILES string of the molecule is O=C(NCCC1CCCCO1)c1cncc(C#CCO)c1. The van der Waals surface area contributed by atoms with Crippen LogP contribution in [-0.2, 0) is 4.74 Å². The zero-order valence-electron chi connectivity index (χ0n) is 12.0. The maximum absolute atomic E-state index is 12.0. The summed E-state index contributed by atoms with van der Waals surface area (Å²) in [7, 11) is 0. The van der Waals surface area contributed by atoms with E-state index in [4.69, 9.17) is 9.84 Å². The fraction of sp³-hybridized carbons (Fsp3) is 0.500. The Morgan fingerprint density at radius 2 is 2.38 bits per heavy atom. The molecule has 2 heterocycles. The molecule has 5 nitrogen and oxygen atoms in total. The number of hydrogen-bond donors (Lipinski definition) is 2. The van der Waals surface area contributed by atoms with Gasteiger partial charge in [0.05, 0.1) is 11.7 Å². The summed E-state index contributed by atoms with van der Waals surface area (Å²) in [5, 5.41) is 11.5. The Morgan fingerprint density at radius 1 is 1.48 bits per heavy atom. The lowest BCUT2D eigenvalue weighted by Gasteiger charge is -2.22. The van der Waals surface area contributed by atoms with E-state index in [0.717, 1.165) is 25.9 Å². The normalized spacial score (nSPS) is 17.7. The molecule has 1 aromatic heterocycles. The standard InChI is InChI=1S/C16H20N2O3/c19-8-3-4-13-10-14(12-17-11-13)16(20)18-7-6-15-5-1-2-9-21-15/h10-12,15,19H,1-2,5-9H2,(H,18,20). The van der Waals surface area contributed by atoms with Crippen molar-refractivity contribution in [2.75, 3.05) is 19.8 Å². The van der Waals surface area contributed by atoms with Crippen molar-refractivity contribution in [3.05, 3.63) is 29.6 Å². The number of amides is 1. The molecule has 0 aromatic carbocycles. The van der Waals surface area contributed by atoms with Crippen LogP contribution in [0.3, 0.4) is 0 Å². The monoisotopic (exact) mass is 288 g/mol. The molecule has 1 aliphatic heterocycles. The number of ether oxygens (including phenoxy) is 1. The number of aromatic nitrogens is 1. The van der Waals surface area contributed by atoms with Crippen LogP contribution in [-0.4, -0.2) is 41.9 Å². The van der Waals surface area contributed by atoms with E-state index in [1.165, 1.54) is 12.6 Å². The van der Waals surface area contributed by atoms with Gasteiger partial charge in [0.15, 0.2) is 0 Å². The molecular weight excluding hydrogens is 268 g/mol. The predicted octanol–water partition coefficient (Wildman–Crippen LogP) is 1.11. The molecule has 0 spiro atoms. The highest BCUT2D eigenvalue weighted by Gasteiger charge is 2.14. The first-order chi connectivity index (χ1) is 10.3. The average Bonchev–Trinajstić information content (AvgIpc) is 2.54. The van der Waals surface area contributed by atoms with Crippen molar-refractivity contribution in [1.29, 1.82) is 0 Å². The quantitative estimate of drug-likeness (QED) is 0.814. The Hall–Kier alpha value is -1.90. The van der Waals surface area contributed by atoms with Crippen LogP contribution in [0.4, 0.5) is 0 Å². The van der Waals surface area contributed by atoms with Gasteiger partial charge < -0.3 is 15.2 Å². The summed E-state index contributed by atoms with van der Waals surface area (Å²) in [5.74, 6) is 5.11. The van der Waals surface area contributed by atoms with E-state index in [9.17, 15) is 4.79 Å². The summed E-state index contributed by atoms with van der Waals surface area (Å²) in [6, 6.07) is 1.67. The van der Waals surface area contributed by atoms with Crippen molar-refractivity contribution in [1.82, 2.24) is 10.3 Å². The molecule has 1 fully saturated rings. The van der Waals surface area contributed by atoms with Crippen molar-refractivity contribution in [3.8, 4) is 11.8 Å². The zero-order valence-corrected chi connectivity index (χ0v) is 12.0. The van der Waals surface area contributed by atoms with Gasteiger partial charge in [-0.3, -0.25) is 9.78 Å². The second-order valence-electron chi connectivity index (χ2n) is 4.96. The molecule has 2 rings (SSSR count). The summed E-state index contributed by atoms with van der Waals surface area (Å²) in [5.41, 5.74) is 1.09. The Morgan fingerprint density at radius 3 is 3.14 bits per heavy atom. The topological polar surface area (TPSA) is 71.5 Å². The van der Waals surface area contributed by atoms with Crippen LogP contribution in [0.5, 0.6) is 0 Å². The van der Waals surface area contributed by atoms with Crippen LogP contribution in [0.2, 0.25) is 0 Å². The molecule has 1 aromatic rings. The molecule has 0 radical (unpaired) electrons. The minimum atomic E-state index is -0.211. The average molecular weight is 288 g/mol. The van der Waals surface area contributed by atoms with Crippen molar-refractivity contribution in [2.45, 2.75) is 31.8 Å². The molecule has 0 bridgehead atoms. The van der Waals surface area contributed by atoms with Gasteiger partial charge in [0.25, 0.3) is 5.91 Å². The maximum Gasteiger partial charge on any atom is 0.252 e. The van der Waals surface area contributed by atoms with Gasteiger partial charge in [0.1, 0.15) is 6.61 Å². The third kappa shape index (κ3) is 5.18. The number of aliphatic hydroxyl groups excluding tert-OH is 1. The number of carbonyl (C=O) groups is 1. The number of pyridine rings is 1. The Bertz CT molecular complexity index is 528. The molecule has 1 aliphatic rings. The molecule has 2 N–H and O–H groups in total. The second kappa shape index (κ2) is 8.40. The highest BCUT2D eigenvalue weighted by Crippen LogP contribution is 2.14. The number of carbonyl (C=O) groups excluding carboxylic acids is 1. The molecule has 5 heteroatoms. The van der Waals surface area contributed by atoms with E-state index >= 15 is 0 Å². The fourth-order valence-electron chi connectivity index (χ4n) is 2.26. The highest BCUT2D eigenvalue weighted by atomic mass is 16.5. The molecule has 0 aliphatic carbocycles. The Kier molecular flexibility index (Phi) is 6.20. The van der Waals surface area contributed by atoms with Crippen molar-refractivity contribution in [3.63, 3.8) is 0 Å². The van der Waals surface area contributed by atoms with Crippen LogP contribution in [0.25, 0.3) is 0 Å². The van der Waals surface area contributed by atoms with Gasteiger partial charge in [-0.1, -0.05) is 11.8 Å². The Balaban J connectivity index is 1.82. The van der Waals surface area contributed by atoms with Crippen molar-refractivity contribution < 1.29 is 14.6 Å². The summed E-state index contributed by atoms with van der Waals surface area (Å²) in [6.45, 7) is 1.21. The van der Waals surface area contributed by atoms with Crippen molar-refractivity contribution >= 4 is 5.91 Å². The number of rotatable bonds is 4. The molecule has 112 valence electrons. The lowest BCUT2D eigenvalue weighted by Crippen LogP contribution is -2.29. The minimum Gasteiger partial charge on any atom is -0.384 e. The molecule has 1 atom stereocenters. The molecular formula is C16H20N2O3. The minimum absolute atomic E-state index is 0.161. The fourth-order valence-corrected chi connectivity index (χ4v) is 2.26. The number of hydrogen-bond acceptors (Lipinski definition) is 4. The third-order valence-electron chi connectivity index (χ3n) is 3.34. The van der Waals surface area contributed by atoms with Gasteiger partial charge in [-0.15, -0.1) is 0 Å². The van der Waals surface area contributed by atoms with E-state index in [2.05, 4.69) is 22.1 Å². The van der Waals surface area contributed by atoms with Gasteiger partial charge in [0.2, 0.25) is 0 Å². The van der Waals surface area contributed by atoms with Crippen LogP contribution in [0.15, 0.2) is 18.5 Å². The summed E-state index contributed by atoms with van der Waals surface area (Å²) in [6.07, 6.45) is 7.59. The van der Waals surface area contributed by atoms with Crippen molar-refractivity contribution in [2.24, 2.45) is 0 Å². The zero-order chi connectivity index (χ0) is 14.9. The first kappa shape index (κ1) is 15.5. The number of nitrogens with one attached hydrogen (secondary N) is 1. The number of nitrogens with zero attached hydrogens (tertiary/aromatic N) is 1. The first-order valence-corrected chi connectivity index (χ1v) is 7.24. The van der Waals surface area contributed by atoms with E-state index < -0.39 is 0 Å². The van der Waals surface area contributed by atoms with Crippen LogP contribution < -0.4 is 5.32 Å². The first-order valence-electron chi connectivity index (χ1n) is 7.24. The molecule has 1 amide bonds. The van der Waals surface area contributed by atoms with E-state index in [-0.39, 0.29) is 18.6 Å². The van der Waals surface area contributed by atoms with E-state index in [1.807, 2.05) is 0 Å². The smallest absolute Gasteiger partial charge is 0.252 e.